The Labute approximate surface area is 220 Å². The van der Waals surface area contributed by atoms with Gasteiger partial charge in [-0.2, -0.15) is 5.10 Å². The minimum atomic E-state index is -0.976. The van der Waals surface area contributed by atoms with Crippen molar-refractivity contribution in [2.45, 2.75) is 6.92 Å². The second kappa shape index (κ2) is 13.8. The highest BCUT2D eigenvalue weighted by Gasteiger charge is 2.15. The second-order valence-corrected chi connectivity index (χ2v) is 7.81. The Hall–Kier alpha value is -5.12. The van der Waals surface area contributed by atoms with Gasteiger partial charge in [-0.25, -0.2) is 5.43 Å². The summed E-state index contributed by atoms with van der Waals surface area (Å²) in [7, 11) is 1.46. The molecule has 3 N–H and O–H groups in total. The summed E-state index contributed by atoms with van der Waals surface area (Å²) >= 11 is 0. The van der Waals surface area contributed by atoms with Crippen molar-refractivity contribution in [2.75, 3.05) is 31.0 Å². The zero-order chi connectivity index (χ0) is 27.3. The number of aryl methyl sites for hydroxylation is 1. The number of carbonyl (C=O) groups excluding carboxylic acids is 3. The summed E-state index contributed by atoms with van der Waals surface area (Å²) < 4.78 is 16.4. The number of benzene rings is 3. The molecule has 0 saturated heterocycles. The second-order valence-electron chi connectivity index (χ2n) is 7.81. The summed E-state index contributed by atoms with van der Waals surface area (Å²) in [5.41, 5.74) is 4.59. The standard InChI is InChI=1S/C28H28N4O6/c1-4-16-37-22-14-12-21(13-15-22)30-27(34)28(35)32-29-17-20-9-7-11-24(36-3)26(20)38-18-25(33)31-23-10-6-5-8-19(23)2/h4-15,17H,1,16,18H2,2-3H3,(H,30,34)(H,31,33)(H,32,35)/b29-17-. The Morgan fingerprint density at radius 3 is 2.39 bits per heavy atom. The van der Waals surface area contributed by atoms with Crippen molar-refractivity contribution < 1.29 is 28.6 Å². The van der Waals surface area contributed by atoms with E-state index in [1.165, 1.54) is 13.3 Å². The highest BCUT2D eigenvalue weighted by Crippen LogP contribution is 2.30. The van der Waals surface area contributed by atoms with Crippen LogP contribution in [0.4, 0.5) is 11.4 Å². The molecule has 0 aliphatic carbocycles. The molecule has 196 valence electrons. The third-order valence-electron chi connectivity index (χ3n) is 5.05. The Balaban J connectivity index is 1.58. The van der Waals surface area contributed by atoms with Crippen molar-refractivity contribution in [3.8, 4) is 17.2 Å². The Kier molecular flexibility index (Phi) is 10.00. The lowest BCUT2D eigenvalue weighted by Gasteiger charge is -2.13. The third-order valence-corrected chi connectivity index (χ3v) is 5.05. The van der Waals surface area contributed by atoms with Gasteiger partial charge in [0, 0.05) is 16.9 Å². The van der Waals surface area contributed by atoms with E-state index in [9.17, 15) is 14.4 Å². The van der Waals surface area contributed by atoms with E-state index in [0.29, 0.717) is 35.0 Å². The summed E-state index contributed by atoms with van der Waals surface area (Å²) in [6, 6.07) is 18.9. The Morgan fingerprint density at radius 1 is 0.921 bits per heavy atom. The van der Waals surface area contributed by atoms with Crippen LogP contribution in [0.3, 0.4) is 0 Å². The van der Waals surface area contributed by atoms with Gasteiger partial charge in [0.2, 0.25) is 0 Å². The molecule has 3 rings (SSSR count). The van der Waals surface area contributed by atoms with Gasteiger partial charge in [-0.05, 0) is 55.0 Å². The molecular formula is C28H28N4O6. The van der Waals surface area contributed by atoms with Gasteiger partial charge < -0.3 is 24.8 Å². The van der Waals surface area contributed by atoms with Crippen molar-refractivity contribution in [1.82, 2.24) is 5.43 Å². The van der Waals surface area contributed by atoms with Gasteiger partial charge in [-0.15, -0.1) is 0 Å². The maximum absolute atomic E-state index is 12.4. The van der Waals surface area contributed by atoms with Crippen LogP contribution in [0.1, 0.15) is 11.1 Å². The van der Waals surface area contributed by atoms with Crippen molar-refractivity contribution in [3.63, 3.8) is 0 Å². The smallest absolute Gasteiger partial charge is 0.329 e. The fourth-order valence-corrected chi connectivity index (χ4v) is 3.18. The first-order chi connectivity index (χ1) is 18.4. The highest BCUT2D eigenvalue weighted by molar-refractivity contribution is 6.39. The minimum absolute atomic E-state index is 0.246. The number of hydrogen-bond donors (Lipinski definition) is 3. The van der Waals surface area contributed by atoms with E-state index in [1.54, 1.807) is 54.6 Å². The largest absolute Gasteiger partial charge is 0.493 e. The van der Waals surface area contributed by atoms with E-state index in [-0.39, 0.29) is 18.3 Å². The van der Waals surface area contributed by atoms with Gasteiger partial charge in [0.15, 0.2) is 18.1 Å². The number of amides is 3. The van der Waals surface area contributed by atoms with E-state index in [1.807, 2.05) is 25.1 Å². The predicted octanol–water partition coefficient (Wildman–Crippen LogP) is 3.67. The monoisotopic (exact) mass is 516 g/mol. The summed E-state index contributed by atoms with van der Waals surface area (Å²) in [4.78, 5) is 36.8. The Bertz CT molecular complexity index is 1320. The van der Waals surface area contributed by atoms with Gasteiger partial charge in [0.25, 0.3) is 5.91 Å². The number of hydrogen-bond acceptors (Lipinski definition) is 7. The summed E-state index contributed by atoms with van der Waals surface area (Å²) in [6.07, 6.45) is 2.90. The van der Waals surface area contributed by atoms with Crippen molar-refractivity contribution >= 4 is 35.3 Å². The molecule has 0 aromatic heterocycles. The molecule has 0 atom stereocenters. The minimum Gasteiger partial charge on any atom is -0.493 e. The number of nitrogens with one attached hydrogen (secondary N) is 3. The first-order valence-corrected chi connectivity index (χ1v) is 11.5. The molecule has 0 saturated carbocycles. The predicted molar refractivity (Wildman–Crippen MR) is 145 cm³/mol. The molecule has 0 spiro atoms. The molecule has 38 heavy (non-hydrogen) atoms. The van der Waals surface area contributed by atoms with E-state index >= 15 is 0 Å². The lowest BCUT2D eigenvalue weighted by Crippen LogP contribution is -2.32. The fraction of sp³-hybridized carbons (Fsp3) is 0.143. The first-order valence-electron chi connectivity index (χ1n) is 11.5. The lowest BCUT2D eigenvalue weighted by molar-refractivity contribution is -0.136. The first kappa shape index (κ1) is 27.5. The van der Waals surface area contributed by atoms with Crippen LogP contribution in [0.25, 0.3) is 0 Å². The topological polar surface area (TPSA) is 127 Å². The van der Waals surface area contributed by atoms with E-state index < -0.39 is 11.8 Å². The number of hydrazone groups is 1. The van der Waals surface area contributed by atoms with Gasteiger partial charge in [-0.1, -0.05) is 36.9 Å². The highest BCUT2D eigenvalue weighted by atomic mass is 16.5. The molecule has 0 aliphatic rings. The zero-order valence-corrected chi connectivity index (χ0v) is 21.0. The quantitative estimate of drug-likeness (QED) is 0.154. The fourth-order valence-electron chi connectivity index (χ4n) is 3.18. The normalized spacial score (nSPS) is 10.4. The molecule has 0 radical (unpaired) electrons. The molecule has 0 aliphatic heterocycles. The maximum atomic E-state index is 12.4. The molecule has 0 heterocycles. The lowest BCUT2D eigenvalue weighted by atomic mass is 10.2. The Morgan fingerprint density at radius 2 is 1.68 bits per heavy atom. The molecule has 3 amide bonds. The van der Waals surface area contributed by atoms with Crippen LogP contribution in [-0.2, 0) is 14.4 Å². The summed E-state index contributed by atoms with van der Waals surface area (Å²) in [6.45, 7) is 5.52. The molecule has 0 fully saturated rings. The van der Waals surface area contributed by atoms with E-state index in [2.05, 4.69) is 27.7 Å². The van der Waals surface area contributed by atoms with Crippen LogP contribution in [0, 0.1) is 6.92 Å². The van der Waals surface area contributed by atoms with Gasteiger partial charge in [0.05, 0.1) is 13.3 Å². The van der Waals surface area contributed by atoms with Crippen LogP contribution in [0.2, 0.25) is 0 Å². The number of rotatable bonds is 11. The average molecular weight is 517 g/mol. The number of ether oxygens (including phenoxy) is 3. The number of methoxy groups -OCH3 is 1. The molecule has 0 unspecified atom stereocenters. The van der Waals surface area contributed by atoms with Crippen molar-refractivity contribution in [3.05, 3.63) is 90.5 Å². The summed E-state index contributed by atoms with van der Waals surface area (Å²) in [5.74, 6) is -1.04. The van der Waals surface area contributed by atoms with Crippen molar-refractivity contribution in [2.24, 2.45) is 5.10 Å². The number of nitrogens with zero attached hydrogens (tertiary/aromatic N) is 1. The van der Waals surface area contributed by atoms with Crippen LogP contribution in [0.5, 0.6) is 17.2 Å². The van der Waals surface area contributed by atoms with Gasteiger partial charge in [0.1, 0.15) is 12.4 Å². The molecule has 10 heteroatoms. The van der Waals surface area contributed by atoms with E-state index in [0.717, 1.165) is 5.56 Å². The molecule has 3 aromatic carbocycles. The zero-order valence-electron chi connectivity index (χ0n) is 21.0. The number of para-hydroxylation sites is 2. The SMILES string of the molecule is C=CCOc1ccc(NC(=O)C(=O)N/N=C\c2cccc(OC)c2OCC(=O)Nc2ccccc2C)cc1. The third kappa shape index (κ3) is 7.95. The maximum Gasteiger partial charge on any atom is 0.329 e. The van der Waals surface area contributed by atoms with E-state index in [4.69, 9.17) is 14.2 Å². The van der Waals surface area contributed by atoms with Crippen LogP contribution < -0.4 is 30.3 Å². The molecular weight excluding hydrogens is 488 g/mol. The molecule has 10 nitrogen and oxygen atoms in total. The van der Waals surface area contributed by atoms with Crippen molar-refractivity contribution in [1.29, 1.82) is 0 Å². The van der Waals surface area contributed by atoms with Gasteiger partial charge >= 0.3 is 11.8 Å². The molecule has 3 aromatic rings. The van der Waals surface area contributed by atoms with Crippen LogP contribution >= 0.6 is 0 Å². The molecule has 0 bridgehead atoms. The number of carbonyl (C=O) groups is 3. The number of anilines is 2. The summed E-state index contributed by atoms with van der Waals surface area (Å²) in [5, 5.41) is 9.10. The van der Waals surface area contributed by atoms with Crippen LogP contribution in [-0.4, -0.2) is 44.3 Å². The van der Waals surface area contributed by atoms with Crippen LogP contribution in [0.15, 0.2) is 84.5 Å². The average Bonchev–Trinajstić information content (AvgIpc) is 2.92. The van der Waals surface area contributed by atoms with Gasteiger partial charge in [-0.3, -0.25) is 14.4 Å².